The van der Waals surface area contributed by atoms with E-state index in [2.05, 4.69) is 11.7 Å². The summed E-state index contributed by atoms with van der Waals surface area (Å²) < 4.78 is 37.2. The summed E-state index contributed by atoms with van der Waals surface area (Å²) in [6, 6.07) is 7.25. The molecule has 1 unspecified atom stereocenters. The van der Waals surface area contributed by atoms with Crippen molar-refractivity contribution < 1.29 is 17.7 Å². The minimum Gasteiger partial charge on any atom is -0.373 e. The maximum absolute atomic E-state index is 12.5. The first-order chi connectivity index (χ1) is 10.6. The van der Waals surface area contributed by atoms with E-state index in [1.165, 1.54) is 4.31 Å². The van der Waals surface area contributed by atoms with Gasteiger partial charge in [-0.2, -0.15) is 4.31 Å². The van der Waals surface area contributed by atoms with E-state index >= 15 is 0 Å². The Kier molecular flexibility index (Phi) is 4.28. The predicted octanol–water partition coefficient (Wildman–Crippen LogP) is 1.93. The number of hydrogen-bond acceptors (Lipinski definition) is 5. The summed E-state index contributed by atoms with van der Waals surface area (Å²) >= 11 is 0. The predicted molar refractivity (Wildman–Crippen MR) is 82.8 cm³/mol. The average molecular weight is 322 g/mol. The smallest absolute Gasteiger partial charge is 0.220 e. The maximum Gasteiger partial charge on any atom is 0.220 e. The minimum absolute atomic E-state index is 0.0678. The highest BCUT2D eigenvalue weighted by atomic mass is 32.2. The lowest BCUT2D eigenvalue weighted by atomic mass is 10.2. The monoisotopic (exact) mass is 322 g/mol. The van der Waals surface area contributed by atoms with E-state index in [4.69, 9.17) is 9.26 Å². The van der Waals surface area contributed by atoms with E-state index in [0.29, 0.717) is 37.4 Å². The second-order valence-electron chi connectivity index (χ2n) is 5.27. The van der Waals surface area contributed by atoms with Crippen molar-refractivity contribution in [2.45, 2.75) is 18.3 Å². The standard InChI is InChI=1S/C15H18N2O4S/c1-2-9-20-12-7-8-17(10-12)22(18,19)11-14-13-5-3-4-6-15(13)21-16-14/h2-6,12H,1,7-11H2. The number of rotatable bonds is 6. The zero-order valence-electron chi connectivity index (χ0n) is 12.1. The Morgan fingerprint density at radius 1 is 1.45 bits per heavy atom. The minimum atomic E-state index is -3.43. The molecule has 1 fully saturated rings. The third-order valence-corrected chi connectivity index (χ3v) is 5.48. The Labute approximate surface area is 129 Å². The first kappa shape index (κ1) is 15.2. The van der Waals surface area contributed by atoms with Crippen LogP contribution in [-0.2, 0) is 20.5 Å². The lowest BCUT2D eigenvalue weighted by Gasteiger charge is -2.15. The fraction of sp³-hybridized carbons (Fsp3) is 0.400. The molecule has 0 N–H and O–H groups in total. The van der Waals surface area contributed by atoms with Crippen LogP contribution in [0, 0.1) is 0 Å². The highest BCUT2D eigenvalue weighted by molar-refractivity contribution is 7.88. The Morgan fingerprint density at radius 2 is 2.27 bits per heavy atom. The molecule has 0 aliphatic carbocycles. The number of hydrogen-bond donors (Lipinski definition) is 0. The molecule has 0 amide bonds. The van der Waals surface area contributed by atoms with Crippen LogP contribution in [0.2, 0.25) is 0 Å². The second kappa shape index (κ2) is 6.20. The molecule has 3 rings (SSSR count). The summed E-state index contributed by atoms with van der Waals surface area (Å²) in [6.45, 7) is 4.88. The molecule has 0 bridgehead atoms. The molecule has 0 saturated carbocycles. The highest BCUT2D eigenvalue weighted by Gasteiger charge is 2.32. The summed E-state index contributed by atoms with van der Waals surface area (Å²) in [5, 5.41) is 4.64. The van der Waals surface area contributed by atoms with Gasteiger partial charge in [0.15, 0.2) is 5.58 Å². The molecule has 7 heteroatoms. The first-order valence-corrected chi connectivity index (χ1v) is 8.74. The number of sulfonamides is 1. The van der Waals surface area contributed by atoms with E-state index in [-0.39, 0.29) is 11.9 Å². The Balaban J connectivity index is 1.73. The molecular formula is C15H18N2O4S. The van der Waals surface area contributed by atoms with Crippen LogP contribution in [0.4, 0.5) is 0 Å². The van der Waals surface area contributed by atoms with Crippen LogP contribution in [0.1, 0.15) is 12.1 Å². The topological polar surface area (TPSA) is 72.6 Å². The number of fused-ring (bicyclic) bond motifs is 1. The van der Waals surface area contributed by atoms with Gasteiger partial charge in [-0.25, -0.2) is 8.42 Å². The summed E-state index contributed by atoms with van der Waals surface area (Å²) in [5.41, 5.74) is 1.05. The van der Waals surface area contributed by atoms with E-state index in [0.717, 1.165) is 5.39 Å². The maximum atomic E-state index is 12.5. The molecule has 1 atom stereocenters. The Hall–Kier alpha value is -1.70. The summed E-state index contributed by atoms with van der Waals surface area (Å²) in [6.07, 6.45) is 2.30. The average Bonchev–Trinajstić information content (AvgIpc) is 3.13. The number of nitrogens with zero attached hydrogens (tertiary/aromatic N) is 2. The SMILES string of the molecule is C=CCOC1CCN(S(=O)(=O)Cc2noc3ccccc23)C1. The number of para-hydroxylation sites is 1. The third-order valence-electron chi connectivity index (χ3n) is 3.72. The third kappa shape index (κ3) is 3.06. The molecule has 0 radical (unpaired) electrons. The molecule has 0 spiro atoms. The van der Waals surface area contributed by atoms with E-state index in [1.54, 1.807) is 12.1 Å². The van der Waals surface area contributed by atoms with Crippen molar-refractivity contribution in [3.05, 3.63) is 42.6 Å². The van der Waals surface area contributed by atoms with Crippen molar-refractivity contribution in [1.29, 1.82) is 0 Å². The fourth-order valence-corrected chi connectivity index (χ4v) is 4.11. The van der Waals surface area contributed by atoms with Crippen molar-refractivity contribution in [3.8, 4) is 0 Å². The normalized spacial score (nSPS) is 19.7. The van der Waals surface area contributed by atoms with Gasteiger partial charge in [-0.15, -0.1) is 6.58 Å². The van der Waals surface area contributed by atoms with E-state index in [9.17, 15) is 8.42 Å². The van der Waals surface area contributed by atoms with Gasteiger partial charge in [0.2, 0.25) is 10.0 Å². The van der Waals surface area contributed by atoms with Crippen molar-refractivity contribution in [2.24, 2.45) is 0 Å². The molecule has 1 aromatic heterocycles. The van der Waals surface area contributed by atoms with Crippen LogP contribution in [0.25, 0.3) is 11.0 Å². The van der Waals surface area contributed by atoms with Crippen molar-refractivity contribution >= 4 is 21.0 Å². The van der Waals surface area contributed by atoms with E-state index < -0.39 is 10.0 Å². The Morgan fingerprint density at radius 3 is 3.09 bits per heavy atom. The summed E-state index contributed by atoms with van der Waals surface area (Å²) in [5.74, 6) is -0.155. The van der Waals surface area contributed by atoms with Crippen LogP contribution in [-0.4, -0.2) is 43.7 Å². The highest BCUT2D eigenvalue weighted by Crippen LogP contribution is 2.23. The molecule has 2 heterocycles. The Bertz CT molecular complexity index is 769. The van der Waals surface area contributed by atoms with Gasteiger partial charge in [0, 0.05) is 18.5 Å². The van der Waals surface area contributed by atoms with Crippen molar-refractivity contribution in [3.63, 3.8) is 0 Å². The van der Waals surface area contributed by atoms with Gasteiger partial charge in [0.25, 0.3) is 0 Å². The molecule has 6 nitrogen and oxygen atoms in total. The molecule has 1 aliphatic rings. The molecule has 1 saturated heterocycles. The molecule has 1 aliphatic heterocycles. The zero-order chi connectivity index (χ0) is 15.6. The van der Waals surface area contributed by atoms with Gasteiger partial charge in [-0.05, 0) is 18.6 Å². The fourth-order valence-electron chi connectivity index (χ4n) is 2.60. The van der Waals surface area contributed by atoms with E-state index in [1.807, 2.05) is 18.2 Å². The lowest BCUT2D eigenvalue weighted by Crippen LogP contribution is -2.31. The van der Waals surface area contributed by atoms with Crippen LogP contribution in [0.3, 0.4) is 0 Å². The van der Waals surface area contributed by atoms with Crippen molar-refractivity contribution in [2.75, 3.05) is 19.7 Å². The quantitative estimate of drug-likeness (QED) is 0.760. The summed E-state index contributed by atoms with van der Waals surface area (Å²) in [4.78, 5) is 0. The van der Waals surface area contributed by atoms with Crippen LogP contribution < -0.4 is 0 Å². The largest absolute Gasteiger partial charge is 0.373 e. The van der Waals surface area contributed by atoms with Gasteiger partial charge in [-0.1, -0.05) is 23.4 Å². The van der Waals surface area contributed by atoms with Crippen LogP contribution >= 0.6 is 0 Å². The number of benzene rings is 1. The molecule has 2 aromatic rings. The lowest BCUT2D eigenvalue weighted by molar-refractivity contribution is 0.0856. The summed E-state index contributed by atoms with van der Waals surface area (Å²) in [7, 11) is -3.43. The van der Waals surface area contributed by atoms with Gasteiger partial charge in [0.05, 0.1) is 12.7 Å². The van der Waals surface area contributed by atoms with Gasteiger partial charge < -0.3 is 9.26 Å². The van der Waals surface area contributed by atoms with Gasteiger partial charge in [-0.3, -0.25) is 0 Å². The van der Waals surface area contributed by atoms with Gasteiger partial charge in [0.1, 0.15) is 11.4 Å². The number of ether oxygens (including phenoxy) is 1. The molecule has 1 aromatic carbocycles. The number of aromatic nitrogens is 1. The zero-order valence-corrected chi connectivity index (χ0v) is 13.0. The van der Waals surface area contributed by atoms with Gasteiger partial charge >= 0.3 is 0 Å². The second-order valence-corrected chi connectivity index (χ2v) is 7.24. The molecule has 22 heavy (non-hydrogen) atoms. The first-order valence-electron chi connectivity index (χ1n) is 7.14. The molecule has 118 valence electrons. The van der Waals surface area contributed by atoms with Crippen molar-refractivity contribution in [1.82, 2.24) is 9.46 Å². The van der Waals surface area contributed by atoms with Crippen LogP contribution in [0.15, 0.2) is 41.4 Å². The van der Waals surface area contributed by atoms with Crippen LogP contribution in [0.5, 0.6) is 0 Å². The molecular weight excluding hydrogens is 304 g/mol.